The quantitative estimate of drug-likeness (QED) is 0.850. The van der Waals surface area contributed by atoms with Crippen LogP contribution in [0.15, 0.2) is 12.1 Å². The van der Waals surface area contributed by atoms with Crippen LogP contribution in [0.2, 0.25) is 0 Å². The molecule has 0 saturated heterocycles. The van der Waals surface area contributed by atoms with E-state index in [1.807, 2.05) is 19.1 Å². The Morgan fingerprint density at radius 1 is 1.33 bits per heavy atom. The highest BCUT2D eigenvalue weighted by Crippen LogP contribution is 2.43. The number of hydrogen-bond donors (Lipinski definition) is 1. The zero-order chi connectivity index (χ0) is 13.3. The van der Waals surface area contributed by atoms with Crippen LogP contribution in [0, 0.1) is 18.8 Å². The maximum atomic E-state index is 12.7. The molecule has 3 unspecified atom stereocenters. The first kappa shape index (κ1) is 13.9. The fourth-order valence-electron chi connectivity index (χ4n) is 2.72. The molecule has 102 valence electrons. The van der Waals surface area contributed by atoms with Crippen molar-refractivity contribution < 1.29 is 13.2 Å². The first-order chi connectivity index (χ1) is 8.38. The van der Waals surface area contributed by atoms with E-state index in [4.69, 9.17) is 5.73 Å². The van der Waals surface area contributed by atoms with Crippen LogP contribution in [-0.2, 0) is 0 Å². The molecule has 1 nitrogen and oxygen atoms in total. The molecule has 0 amide bonds. The summed E-state index contributed by atoms with van der Waals surface area (Å²) in [5.74, 6) is -1.20. The number of rotatable bonds is 2. The van der Waals surface area contributed by atoms with Crippen molar-refractivity contribution in [2.45, 2.75) is 44.8 Å². The molecule has 0 aliphatic heterocycles. The van der Waals surface area contributed by atoms with E-state index in [0.29, 0.717) is 6.42 Å². The molecule has 1 heterocycles. The maximum absolute atomic E-state index is 12.7. The Balaban J connectivity index is 2.05. The monoisotopic (exact) mass is 277 g/mol. The highest BCUT2D eigenvalue weighted by molar-refractivity contribution is 7.12. The maximum Gasteiger partial charge on any atom is 0.391 e. The second-order valence-corrected chi connectivity index (χ2v) is 6.46. The normalized spacial score (nSPS) is 27.2. The lowest BCUT2D eigenvalue weighted by Crippen LogP contribution is -2.33. The largest absolute Gasteiger partial charge is 0.391 e. The fraction of sp³-hybridized carbons (Fsp3) is 0.692. The lowest BCUT2D eigenvalue weighted by molar-refractivity contribution is -0.186. The van der Waals surface area contributed by atoms with Crippen molar-refractivity contribution in [2.24, 2.45) is 17.6 Å². The van der Waals surface area contributed by atoms with Gasteiger partial charge in [0.2, 0.25) is 0 Å². The van der Waals surface area contributed by atoms with E-state index in [1.54, 1.807) is 11.3 Å². The number of alkyl halides is 3. The second-order valence-electron chi connectivity index (χ2n) is 5.14. The van der Waals surface area contributed by atoms with Gasteiger partial charge in [-0.15, -0.1) is 11.3 Å². The molecule has 2 rings (SSSR count). The van der Waals surface area contributed by atoms with E-state index in [2.05, 4.69) is 0 Å². The van der Waals surface area contributed by atoms with E-state index in [0.717, 1.165) is 16.2 Å². The molecule has 18 heavy (non-hydrogen) atoms. The van der Waals surface area contributed by atoms with Crippen LogP contribution >= 0.6 is 11.3 Å². The molecule has 3 atom stereocenters. The summed E-state index contributed by atoms with van der Waals surface area (Å²) in [6, 6.07) is 3.68. The highest BCUT2D eigenvalue weighted by atomic mass is 32.1. The van der Waals surface area contributed by atoms with Gasteiger partial charge >= 0.3 is 6.18 Å². The van der Waals surface area contributed by atoms with Gasteiger partial charge in [0, 0.05) is 15.8 Å². The lowest BCUT2D eigenvalue weighted by Gasteiger charge is -2.33. The number of aryl methyl sites for hydroxylation is 1. The van der Waals surface area contributed by atoms with E-state index in [9.17, 15) is 13.2 Å². The van der Waals surface area contributed by atoms with Crippen molar-refractivity contribution in [3.63, 3.8) is 0 Å². The minimum absolute atomic E-state index is 0.0385. The lowest BCUT2D eigenvalue weighted by atomic mass is 9.77. The standard InChI is InChI=1S/C13H18F3NS/c1-8-5-6-11(18-8)12(17)9-3-2-4-10(7-9)13(14,15)16/h5-6,9-10,12H,2-4,7,17H2,1H3. The third-order valence-electron chi connectivity index (χ3n) is 3.78. The van der Waals surface area contributed by atoms with Crippen molar-refractivity contribution >= 4 is 11.3 Å². The minimum Gasteiger partial charge on any atom is -0.323 e. The third-order valence-corrected chi connectivity index (χ3v) is 4.88. The van der Waals surface area contributed by atoms with Crippen molar-refractivity contribution in [3.05, 3.63) is 21.9 Å². The average Bonchev–Trinajstić information content (AvgIpc) is 2.74. The average molecular weight is 277 g/mol. The fourth-order valence-corrected chi connectivity index (χ4v) is 3.69. The molecule has 1 aromatic rings. The summed E-state index contributed by atoms with van der Waals surface area (Å²) in [6.07, 6.45) is -2.18. The Hall–Kier alpha value is -0.550. The molecule has 1 fully saturated rings. The Bertz CT molecular complexity index is 399. The van der Waals surface area contributed by atoms with Crippen molar-refractivity contribution in [2.75, 3.05) is 0 Å². The van der Waals surface area contributed by atoms with Gasteiger partial charge in [-0.1, -0.05) is 6.42 Å². The van der Waals surface area contributed by atoms with Crippen LogP contribution < -0.4 is 5.73 Å². The smallest absolute Gasteiger partial charge is 0.323 e. The van der Waals surface area contributed by atoms with Crippen molar-refractivity contribution in [1.29, 1.82) is 0 Å². The predicted molar refractivity (Wildman–Crippen MR) is 67.5 cm³/mol. The molecular weight excluding hydrogens is 259 g/mol. The Morgan fingerprint density at radius 3 is 2.61 bits per heavy atom. The molecule has 0 aromatic carbocycles. The number of hydrogen-bond acceptors (Lipinski definition) is 2. The van der Waals surface area contributed by atoms with Crippen LogP contribution in [0.3, 0.4) is 0 Å². The molecule has 1 aromatic heterocycles. The number of halogens is 3. The zero-order valence-electron chi connectivity index (χ0n) is 10.3. The van der Waals surface area contributed by atoms with Crippen molar-refractivity contribution in [1.82, 2.24) is 0 Å². The van der Waals surface area contributed by atoms with Gasteiger partial charge in [-0.3, -0.25) is 0 Å². The Morgan fingerprint density at radius 2 is 2.06 bits per heavy atom. The van der Waals surface area contributed by atoms with Gasteiger partial charge in [0.05, 0.1) is 5.92 Å². The van der Waals surface area contributed by atoms with E-state index in [-0.39, 0.29) is 24.8 Å². The van der Waals surface area contributed by atoms with Gasteiger partial charge in [-0.2, -0.15) is 13.2 Å². The molecule has 0 bridgehead atoms. The summed E-state index contributed by atoms with van der Waals surface area (Å²) >= 11 is 1.59. The SMILES string of the molecule is Cc1ccc(C(N)C2CCCC(C(F)(F)F)C2)s1. The second kappa shape index (κ2) is 5.21. The molecule has 2 N–H and O–H groups in total. The first-order valence-electron chi connectivity index (χ1n) is 6.26. The summed E-state index contributed by atoms with van der Waals surface area (Å²) in [7, 11) is 0. The van der Waals surface area contributed by atoms with Gasteiger partial charge in [0.25, 0.3) is 0 Å². The van der Waals surface area contributed by atoms with Gasteiger partial charge in [0.1, 0.15) is 0 Å². The van der Waals surface area contributed by atoms with E-state index in [1.165, 1.54) is 0 Å². The molecule has 0 spiro atoms. The van der Waals surface area contributed by atoms with E-state index >= 15 is 0 Å². The summed E-state index contributed by atoms with van der Waals surface area (Å²) in [4.78, 5) is 2.17. The minimum atomic E-state index is -4.07. The number of thiophene rings is 1. The summed E-state index contributed by atoms with van der Waals surface area (Å²) in [5.41, 5.74) is 6.13. The van der Waals surface area contributed by atoms with E-state index < -0.39 is 12.1 Å². The summed E-state index contributed by atoms with van der Waals surface area (Å²) < 4.78 is 38.2. The third kappa shape index (κ3) is 3.06. The van der Waals surface area contributed by atoms with Gasteiger partial charge in [-0.25, -0.2) is 0 Å². The zero-order valence-corrected chi connectivity index (χ0v) is 11.2. The summed E-state index contributed by atoms with van der Waals surface area (Å²) in [5, 5.41) is 0. The predicted octanol–water partition coefficient (Wildman–Crippen LogP) is 4.43. The van der Waals surface area contributed by atoms with Crippen LogP contribution in [-0.4, -0.2) is 6.18 Å². The topological polar surface area (TPSA) is 26.0 Å². The number of nitrogens with two attached hydrogens (primary N) is 1. The molecular formula is C13H18F3NS. The molecule has 1 saturated carbocycles. The van der Waals surface area contributed by atoms with Crippen LogP contribution in [0.25, 0.3) is 0 Å². The van der Waals surface area contributed by atoms with Crippen LogP contribution in [0.5, 0.6) is 0 Å². The van der Waals surface area contributed by atoms with Crippen molar-refractivity contribution in [3.8, 4) is 0 Å². The highest BCUT2D eigenvalue weighted by Gasteiger charge is 2.43. The van der Waals surface area contributed by atoms with Crippen LogP contribution in [0.1, 0.15) is 41.5 Å². The van der Waals surface area contributed by atoms with Gasteiger partial charge in [-0.05, 0) is 44.2 Å². The Kier molecular flexibility index (Phi) is 4.02. The Labute approximate surface area is 109 Å². The van der Waals surface area contributed by atoms with Crippen LogP contribution in [0.4, 0.5) is 13.2 Å². The molecule has 1 aliphatic carbocycles. The summed E-state index contributed by atoms with van der Waals surface area (Å²) in [6.45, 7) is 1.99. The molecule has 5 heteroatoms. The molecule has 1 aliphatic rings. The van der Waals surface area contributed by atoms with Gasteiger partial charge in [0.15, 0.2) is 0 Å². The van der Waals surface area contributed by atoms with Gasteiger partial charge < -0.3 is 5.73 Å². The molecule has 0 radical (unpaired) electrons. The first-order valence-corrected chi connectivity index (χ1v) is 7.08.